The molecule has 0 aliphatic heterocycles. The molecule has 0 saturated carbocycles. The highest BCUT2D eigenvalue weighted by Crippen LogP contribution is 2.38. The van der Waals surface area contributed by atoms with Gasteiger partial charge in [-0.05, 0) is 30.7 Å². The first-order valence-electron chi connectivity index (χ1n) is 9.33. The van der Waals surface area contributed by atoms with Crippen molar-refractivity contribution in [3.8, 4) is 0 Å². The maximum absolute atomic E-state index is 14.8. The molecular weight excluding hydrogens is 490 g/mol. The number of ether oxygens (including phenoxy) is 2. The molecule has 12 heteroatoms. The van der Waals surface area contributed by atoms with Gasteiger partial charge in [0.25, 0.3) is 6.43 Å². The molecule has 2 rings (SSSR count). The van der Waals surface area contributed by atoms with Crippen molar-refractivity contribution in [2.24, 2.45) is 0 Å². The third-order valence-electron chi connectivity index (χ3n) is 4.18. The number of thioether (sulfide) groups is 1. The molecule has 0 N–H and O–H groups in total. The lowest BCUT2D eigenvalue weighted by molar-refractivity contribution is -0.151. The number of methoxy groups -OCH3 is 1. The molecule has 1 amide bonds. The lowest BCUT2D eigenvalue weighted by Crippen LogP contribution is -2.38. The molecular formula is C21H18ClF4NO5S. The SMILES string of the molecule is CCOC(=O)c1ccccc1CN(C(=O)C(=O)OC)c1cc(SC(F)C(F)F)c(Cl)cc1F. The Kier molecular flexibility index (Phi) is 9.54. The highest BCUT2D eigenvalue weighted by atomic mass is 35.5. The molecule has 178 valence electrons. The third-order valence-corrected chi connectivity index (χ3v) is 5.62. The Balaban J connectivity index is 2.58. The van der Waals surface area contributed by atoms with Gasteiger partial charge in [-0.3, -0.25) is 9.69 Å². The summed E-state index contributed by atoms with van der Waals surface area (Å²) in [6.07, 6.45) is -3.34. The van der Waals surface area contributed by atoms with Crippen LogP contribution in [0.2, 0.25) is 5.02 Å². The van der Waals surface area contributed by atoms with Crippen molar-refractivity contribution in [1.82, 2.24) is 0 Å². The molecule has 6 nitrogen and oxygen atoms in total. The van der Waals surface area contributed by atoms with Crippen LogP contribution < -0.4 is 4.90 Å². The van der Waals surface area contributed by atoms with E-state index < -0.39 is 47.8 Å². The lowest BCUT2D eigenvalue weighted by atomic mass is 10.1. The largest absolute Gasteiger partial charge is 0.462 e. The van der Waals surface area contributed by atoms with Crippen LogP contribution in [-0.2, 0) is 25.6 Å². The van der Waals surface area contributed by atoms with Gasteiger partial charge in [0.2, 0.25) is 5.50 Å². The Morgan fingerprint density at radius 3 is 2.42 bits per heavy atom. The maximum atomic E-state index is 14.8. The molecule has 1 atom stereocenters. The fourth-order valence-corrected chi connectivity index (χ4v) is 3.67. The number of halogens is 5. The molecule has 0 fully saturated rings. The van der Waals surface area contributed by atoms with Crippen molar-refractivity contribution >= 4 is 46.9 Å². The first-order chi connectivity index (χ1) is 15.6. The van der Waals surface area contributed by atoms with Crippen LogP contribution in [0, 0.1) is 5.82 Å². The summed E-state index contributed by atoms with van der Waals surface area (Å²) in [6.45, 7) is 1.16. The topological polar surface area (TPSA) is 72.9 Å². The zero-order chi connectivity index (χ0) is 24.7. The fraction of sp³-hybridized carbons (Fsp3) is 0.286. The molecule has 0 aromatic heterocycles. The highest BCUT2D eigenvalue weighted by molar-refractivity contribution is 8.00. The molecule has 0 saturated heterocycles. The number of amides is 1. The van der Waals surface area contributed by atoms with Crippen molar-refractivity contribution in [2.75, 3.05) is 18.6 Å². The summed E-state index contributed by atoms with van der Waals surface area (Å²) in [5.41, 5.74) is -2.99. The number of hydrogen-bond donors (Lipinski definition) is 0. The highest BCUT2D eigenvalue weighted by Gasteiger charge is 2.30. The van der Waals surface area contributed by atoms with E-state index in [0.717, 1.165) is 13.2 Å². The van der Waals surface area contributed by atoms with Gasteiger partial charge in [0, 0.05) is 4.90 Å². The first kappa shape index (κ1) is 26.5. The quantitative estimate of drug-likeness (QED) is 0.216. The predicted octanol–water partition coefficient (Wildman–Crippen LogP) is 5.01. The minimum Gasteiger partial charge on any atom is -0.462 e. The van der Waals surface area contributed by atoms with Crippen LogP contribution in [0.15, 0.2) is 41.3 Å². The van der Waals surface area contributed by atoms with E-state index in [2.05, 4.69) is 4.74 Å². The van der Waals surface area contributed by atoms with Crippen LogP contribution in [0.3, 0.4) is 0 Å². The number of carbonyl (C=O) groups excluding carboxylic acids is 3. The molecule has 0 aliphatic carbocycles. The van der Waals surface area contributed by atoms with Gasteiger partial charge in [0.1, 0.15) is 5.82 Å². The monoisotopic (exact) mass is 507 g/mol. The smallest absolute Gasteiger partial charge is 0.397 e. The van der Waals surface area contributed by atoms with E-state index >= 15 is 0 Å². The number of rotatable bonds is 8. The van der Waals surface area contributed by atoms with E-state index in [9.17, 15) is 31.9 Å². The third kappa shape index (κ3) is 6.61. The number of hydrogen-bond acceptors (Lipinski definition) is 6. The molecule has 0 bridgehead atoms. The Morgan fingerprint density at radius 1 is 1.15 bits per heavy atom. The Labute approximate surface area is 195 Å². The van der Waals surface area contributed by atoms with Crippen molar-refractivity contribution in [3.63, 3.8) is 0 Å². The van der Waals surface area contributed by atoms with Crippen molar-refractivity contribution in [3.05, 3.63) is 58.4 Å². The van der Waals surface area contributed by atoms with Crippen molar-refractivity contribution in [1.29, 1.82) is 0 Å². The van der Waals surface area contributed by atoms with Crippen LogP contribution in [0.5, 0.6) is 0 Å². The Hall–Kier alpha value is -2.79. The maximum Gasteiger partial charge on any atom is 0.397 e. The number of nitrogens with zero attached hydrogens (tertiary/aromatic N) is 1. The van der Waals surface area contributed by atoms with E-state index in [-0.39, 0.29) is 39.4 Å². The average molecular weight is 508 g/mol. The van der Waals surface area contributed by atoms with Gasteiger partial charge < -0.3 is 9.47 Å². The predicted molar refractivity (Wildman–Crippen MR) is 114 cm³/mol. The van der Waals surface area contributed by atoms with Crippen molar-refractivity contribution < 1.29 is 41.4 Å². The molecule has 2 aromatic rings. The summed E-state index contributed by atoms with van der Waals surface area (Å²) in [6, 6.07) is 7.49. The molecule has 33 heavy (non-hydrogen) atoms. The van der Waals surface area contributed by atoms with Crippen LogP contribution in [-0.4, -0.2) is 43.5 Å². The normalized spacial score (nSPS) is 11.8. The minimum absolute atomic E-state index is 0.0218. The van der Waals surface area contributed by atoms with Crippen LogP contribution >= 0.6 is 23.4 Å². The summed E-state index contributed by atoms with van der Waals surface area (Å²) < 4.78 is 63.1. The van der Waals surface area contributed by atoms with Crippen LogP contribution in [0.1, 0.15) is 22.8 Å². The summed E-state index contributed by atoms with van der Waals surface area (Å²) in [5.74, 6) is -4.49. The second-order valence-corrected chi connectivity index (χ2v) is 7.83. The average Bonchev–Trinajstić information content (AvgIpc) is 2.78. The van der Waals surface area contributed by atoms with E-state index in [4.69, 9.17) is 16.3 Å². The molecule has 1 unspecified atom stereocenters. The first-order valence-corrected chi connectivity index (χ1v) is 10.6. The van der Waals surface area contributed by atoms with E-state index in [1.54, 1.807) is 6.92 Å². The Bertz CT molecular complexity index is 1040. The fourth-order valence-electron chi connectivity index (χ4n) is 2.69. The lowest BCUT2D eigenvalue weighted by Gasteiger charge is -2.24. The van der Waals surface area contributed by atoms with Gasteiger partial charge in [-0.1, -0.05) is 41.6 Å². The van der Waals surface area contributed by atoms with Crippen LogP contribution in [0.25, 0.3) is 0 Å². The van der Waals surface area contributed by atoms with Gasteiger partial charge in [-0.2, -0.15) is 0 Å². The molecule has 0 radical (unpaired) electrons. The number of esters is 2. The zero-order valence-corrected chi connectivity index (χ0v) is 18.9. The number of carbonyl (C=O) groups is 3. The number of benzene rings is 2. The van der Waals surface area contributed by atoms with E-state index in [1.165, 1.54) is 24.3 Å². The van der Waals surface area contributed by atoms with Crippen LogP contribution in [0.4, 0.5) is 23.2 Å². The summed E-state index contributed by atoms with van der Waals surface area (Å²) in [5, 5.41) is -0.373. The van der Waals surface area contributed by atoms with E-state index in [1.807, 2.05) is 0 Å². The minimum atomic E-state index is -3.34. The summed E-state index contributed by atoms with van der Waals surface area (Å²) >= 11 is 5.88. The van der Waals surface area contributed by atoms with Gasteiger partial charge in [0.15, 0.2) is 0 Å². The standard InChI is InChI=1S/C21H18ClF4NO5S/c1-3-32-20(29)12-7-5-4-6-11(12)10-27(19(28)21(30)31-2)15-9-16(13(22)8-14(15)23)33-18(26)17(24)25/h4-9,17-18H,3,10H2,1-2H3. The Morgan fingerprint density at radius 2 is 1.82 bits per heavy atom. The van der Waals surface area contributed by atoms with Crippen molar-refractivity contribution in [2.45, 2.75) is 30.3 Å². The number of anilines is 1. The van der Waals surface area contributed by atoms with E-state index in [0.29, 0.717) is 11.0 Å². The van der Waals surface area contributed by atoms with Gasteiger partial charge in [-0.25, -0.2) is 27.2 Å². The molecule has 0 spiro atoms. The van der Waals surface area contributed by atoms with Gasteiger partial charge in [0.05, 0.1) is 36.5 Å². The number of alkyl halides is 3. The second kappa shape index (κ2) is 11.9. The van der Waals surface area contributed by atoms with Gasteiger partial charge >= 0.3 is 17.8 Å². The second-order valence-electron chi connectivity index (χ2n) is 6.30. The zero-order valence-electron chi connectivity index (χ0n) is 17.3. The molecule has 0 aliphatic rings. The molecule has 2 aromatic carbocycles. The summed E-state index contributed by atoms with van der Waals surface area (Å²) in [7, 11) is 0.931. The summed E-state index contributed by atoms with van der Waals surface area (Å²) in [4.78, 5) is 37.3. The van der Waals surface area contributed by atoms with Gasteiger partial charge in [-0.15, -0.1) is 0 Å². The molecule has 0 heterocycles.